The van der Waals surface area contributed by atoms with Crippen molar-refractivity contribution in [2.75, 3.05) is 7.11 Å². The third-order valence-corrected chi connectivity index (χ3v) is 1.76. The molecule has 0 spiro atoms. The summed E-state index contributed by atoms with van der Waals surface area (Å²) < 4.78 is 22.3. The van der Waals surface area contributed by atoms with Crippen LogP contribution in [0, 0.1) is 0 Å². The Balaban J connectivity index is 3.48. The maximum atomic E-state index is 9.98. The van der Waals surface area contributed by atoms with Gasteiger partial charge in [0.05, 0.1) is 0 Å². The second-order valence-corrected chi connectivity index (χ2v) is 5.12. The van der Waals surface area contributed by atoms with Gasteiger partial charge in [-0.05, 0) is 0 Å². The topological polar surface area (TPSA) is 46.5 Å². The molecule has 0 saturated carbocycles. The van der Waals surface area contributed by atoms with Crippen LogP contribution in [0.25, 0.3) is 0 Å². The molecule has 0 saturated heterocycles. The predicted octanol–water partition coefficient (Wildman–Crippen LogP) is -0.376. The second-order valence-electron chi connectivity index (χ2n) is 0.986. The van der Waals surface area contributed by atoms with Crippen LogP contribution < -0.4 is 0 Å². The van der Waals surface area contributed by atoms with Gasteiger partial charge in [0, 0.05) is 0 Å². The molecule has 6 heavy (non-hydrogen) atoms. The number of hydrogen-bond acceptors (Lipinski definition) is 2. The molecular formula is C2H7AsO3. The third-order valence-electron chi connectivity index (χ3n) is 0.339. The summed E-state index contributed by atoms with van der Waals surface area (Å²) >= 11 is -3.66. The van der Waals surface area contributed by atoms with Crippen molar-refractivity contribution < 1.29 is 11.6 Å². The second kappa shape index (κ2) is 1.82. The predicted molar refractivity (Wildman–Crippen MR) is 21.5 cm³/mol. The van der Waals surface area contributed by atoms with Gasteiger partial charge in [0.25, 0.3) is 0 Å². The molecule has 3 nitrogen and oxygen atoms in total. The van der Waals surface area contributed by atoms with E-state index in [0.29, 0.717) is 0 Å². The minimum absolute atomic E-state index is 1.19. The van der Waals surface area contributed by atoms with E-state index in [1.807, 2.05) is 0 Å². The van der Waals surface area contributed by atoms with Crippen LogP contribution in [0.15, 0.2) is 0 Å². The van der Waals surface area contributed by atoms with E-state index in [0.717, 1.165) is 0 Å². The Morgan fingerprint density at radius 2 is 2.00 bits per heavy atom. The molecule has 0 aromatic carbocycles. The SMILES string of the molecule is CO[As](C)(=O)O. The van der Waals surface area contributed by atoms with Gasteiger partial charge in [-0.15, -0.1) is 0 Å². The molecule has 1 N–H and O–H groups in total. The molecule has 0 amide bonds. The Hall–Kier alpha value is 0.278. The molecule has 0 aliphatic heterocycles. The van der Waals surface area contributed by atoms with Gasteiger partial charge in [-0.3, -0.25) is 0 Å². The van der Waals surface area contributed by atoms with Crippen molar-refractivity contribution in [3.8, 4) is 0 Å². The first-order valence-corrected chi connectivity index (χ1v) is 5.67. The van der Waals surface area contributed by atoms with Crippen LogP contribution >= 0.6 is 0 Å². The monoisotopic (exact) mass is 154 g/mol. The fourth-order valence-electron chi connectivity index (χ4n) is 0. The molecule has 0 bridgehead atoms. The van der Waals surface area contributed by atoms with Crippen molar-refractivity contribution in [3.63, 3.8) is 0 Å². The Morgan fingerprint density at radius 3 is 2.00 bits per heavy atom. The Labute approximate surface area is 39.3 Å². The van der Waals surface area contributed by atoms with Gasteiger partial charge in [-0.1, -0.05) is 0 Å². The molecule has 0 rings (SSSR count). The summed E-state index contributed by atoms with van der Waals surface area (Å²) in [4.78, 5) is 0. The number of rotatable bonds is 1. The first kappa shape index (κ1) is 6.28. The van der Waals surface area contributed by atoms with E-state index in [-0.39, 0.29) is 0 Å². The summed E-state index contributed by atoms with van der Waals surface area (Å²) in [7, 11) is 1.22. The quantitative estimate of drug-likeness (QED) is 0.524. The van der Waals surface area contributed by atoms with E-state index in [9.17, 15) is 3.74 Å². The summed E-state index contributed by atoms with van der Waals surface area (Å²) in [5.74, 6) is 0. The standard InChI is InChI=1S/C2H7AsO3/c1-3(4,5)6-2/h1-2H3,(H,4,5). The van der Waals surface area contributed by atoms with Gasteiger partial charge in [-0.25, -0.2) is 0 Å². The first-order valence-electron chi connectivity index (χ1n) is 1.42. The molecule has 0 radical (unpaired) electrons. The molecule has 0 aliphatic rings. The van der Waals surface area contributed by atoms with Crippen LogP contribution in [0.4, 0.5) is 0 Å². The molecule has 38 valence electrons. The molecule has 0 fully saturated rings. The van der Waals surface area contributed by atoms with Gasteiger partial charge >= 0.3 is 38.6 Å². The molecule has 0 aliphatic carbocycles. The maximum absolute atomic E-state index is 9.98. The van der Waals surface area contributed by atoms with Crippen molar-refractivity contribution in [2.45, 2.75) is 5.71 Å². The molecule has 1 atom stereocenters. The van der Waals surface area contributed by atoms with Crippen LogP contribution in [0.5, 0.6) is 0 Å². The number of hydrogen-bond donors (Lipinski definition) is 1. The van der Waals surface area contributed by atoms with Crippen LogP contribution in [0.1, 0.15) is 0 Å². The normalized spacial score (nSPS) is 19.8. The van der Waals surface area contributed by atoms with Crippen molar-refractivity contribution in [1.82, 2.24) is 0 Å². The molecule has 1 unspecified atom stereocenters. The molecule has 0 heterocycles. The molecule has 0 aromatic heterocycles. The third kappa shape index (κ3) is 4.28. The van der Waals surface area contributed by atoms with Gasteiger partial charge < -0.3 is 0 Å². The van der Waals surface area contributed by atoms with Crippen LogP contribution in [-0.4, -0.2) is 25.4 Å². The summed E-state index contributed by atoms with van der Waals surface area (Å²) in [6.45, 7) is 0. The molecule has 4 heteroatoms. The Kier molecular flexibility index (Phi) is 1.91. The summed E-state index contributed by atoms with van der Waals surface area (Å²) in [5.41, 5.74) is 1.19. The van der Waals surface area contributed by atoms with Gasteiger partial charge in [0.1, 0.15) is 0 Å². The van der Waals surface area contributed by atoms with Crippen molar-refractivity contribution in [3.05, 3.63) is 0 Å². The van der Waals surface area contributed by atoms with E-state index in [4.69, 9.17) is 4.10 Å². The van der Waals surface area contributed by atoms with E-state index >= 15 is 0 Å². The zero-order chi connectivity index (χ0) is 5.21. The van der Waals surface area contributed by atoms with E-state index in [1.54, 1.807) is 0 Å². The minimum atomic E-state index is -3.66. The average molecular weight is 154 g/mol. The fraction of sp³-hybridized carbons (Fsp3) is 1.00. The molecular weight excluding hydrogens is 147 g/mol. The van der Waals surface area contributed by atoms with Gasteiger partial charge in [0.2, 0.25) is 0 Å². The van der Waals surface area contributed by atoms with Crippen molar-refractivity contribution in [1.29, 1.82) is 0 Å². The van der Waals surface area contributed by atoms with Crippen molar-refractivity contribution >= 4 is 14.2 Å². The van der Waals surface area contributed by atoms with Gasteiger partial charge in [0.15, 0.2) is 0 Å². The van der Waals surface area contributed by atoms with Crippen LogP contribution in [-0.2, 0) is 7.47 Å². The zero-order valence-electron chi connectivity index (χ0n) is 3.71. The summed E-state index contributed by atoms with van der Waals surface area (Å²) in [6, 6.07) is 0. The summed E-state index contributed by atoms with van der Waals surface area (Å²) in [5, 5.41) is 0. The first-order chi connectivity index (χ1) is 2.56. The van der Waals surface area contributed by atoms with E-state index < -0.39 is 14.2 Å². The molecule has 0 aromatic rings. The van der Waals surface area contributed by atoms with E-state index in [2.05, 4.69) is 3.73 Å². The Morgan fingerprint density at radius 1 is 1.83 bits per heavy atom. The van der Waals surface area contributed by atoms with Crippen LogP contribution in [0.3, 0.4) is 0 Å². The van der Waals surface area contributed by atoms with Gasteiger partial charge in [-0.2, -0.15) is 0 Å². The Bertz CT molecular complexity index is 72.9. The zero-order valence-corrected chi connectivity index (χ0v) is 5.59. The summed E-state index contributed by atoms with van der Waals surface area (Å²) in [6.07, 6.45) is 0. The average Bonchev–Trinajstić information content (AvgIpc) is 1.35. The van der Waals surface area contributed by atoms with Crippen LogP contribution in [0.2, 0.25) is 5.71 Å². The fourth-order valence-corrected chi connectivity index (χ4v) is 0. The van der Waals surface area contributed by atoms with Crippen molar-refractivity contribution in [2.24, 2.45) is 0 Å². The van der Waals surface area contributed by atoms with E-state index in [1.165, 1.54) is 12.8 Å².